The number of hydrogen-bond acceptors (Lipinski definition) is 3. The molecule has 112 valence electrons. The van der Waals surface area contributed by atoms with Crippen LogP contribution in [0.1, 0.15) is 48.2 Å². The Labute approximate surface area is 126 Å². The first-order valence-corrected chi connectivity index (χ1v) is 7.61. The number of carbonyl (C=O) groups excluding carboxylic acids is 1. The van der Waals surface area contributed by atoms with Crippen molar-refractivity contribution >= 4 is 5.91 Å². The summed E-state index contributed by atoms with van der Waals surface area (Å²) in [5.74, 6) is 6.30. The third-order valence-electron chi connectivity index (χ3n) is 3.92. The number of rotatable bonds is 3. The highest BCUT2D eigenvalue weighted by molar-refractivity contribution is 5.92. The SMILES string of the molecule is CN(CC1CCCCC1)C(=O)c1ccc(C#CCN)cn1. The molecule has 2 rings (SSSR count). The predicted molar refractivity (Wildman–Crippen MR) is 83.7 cm³/mol. The second-order valence-corrected chi connectivity index (χ2v) is 5.63. The summed E-state index contributed by atoms with van der Waals surface area (Å²) in [4.78, 5) is 18.4. The van der Waals surface area contributed by atoms with Crippen molar-refractivity contribution in [2.45, 2.75) is 32.1 Å². The molecule has 0 saturated heterocycles. The van der Waals surface area contributed by atoms with Crippen LogP contribution >= 0.6 is 0 Å². The van der Waals surface area contributed by atoms with Gasteiger partial charge in [-0.3, -0.25) is 4.79 Å². The van der Waals surface area contributed by atoms with Gasteiger partial charge in [0.2, 0.25) is 0 Å². The molecule has 1 saturated carbocycles. The van der Waals surface area contributed by atoms with Crippen molar-refractivity contribution in [3.05, 3.63) is 29.6 Å². The van der Waals surface area contributed by atoms with Crippen molar-refractivity contribution in [2.75, 3.05) is 20.1 Å². The minimum atomic E-state index is -0.0149. The molecule has 1 fully saturated rings. The van der Waals surface area contributed by atoms with Gasteiger partial charge in [0.1, 0.15) is 5.69 Å². The van der Waals surface area contributed by atoms with Gasteiger partial charge in [-0.25, -0.2) is 4.98 Å². The Balaban J connectivity index is 1.94. The molecule has 21 heavy (non-hydrogen) atoms. The predicted octanol–water partition coefficient (Wildman–Crippen LogP) is 2.04. The number of nitrogens with two attached hydrogens (primary N) is 1. The van der Waals surface area contributed by atoms with Crippen LogP contribution in [0.5, 0.6) is 0 Å². The van der Waals surface area contributed by atoms with Gasteiger partial charge in [-0.15, -0.1) is 0 Å². The quantitative estimate of drug-likeness (QED) is 0.865. The van der Waals surface area contributed by atoms with Gasteiger partial charge in [0, 0.05) is 25.4 Å². The van der Waals surface area contributed by atoms with Crippen molar-refractivity contribution in [3.63, 3.8) is 0 Å². The van der Waals surface area contributed by atoms with Crippen LogP contribution in [0.2, 0.25) is 0 Å². The summed E-state index contributed by atoms with van der Waals surface area (Å²) >= 11 is 0. The van der Waals surface area contributed by atoms with Crippen molar-refractivity contribution in [1.29, 1.82) is 0 Å². The number of aromatic nitrogens is 1. The molecule has 4 heteroatoms. The maximum Gasteiger partial charge on any atom is 0.272 e. The molecule has 0 spiro atoms. The lowest BCUT2D eigenvalue weighted by molar-refractivity contribution is 0.0755. The minimum absolute atomic E-state index is 0.0149. The smallest absolute Gasteiger partial charge is 0.272 e. The molecule has 0 atom stereocenters. The first kappa shape index (κ1) is 15.5. The van der Waals surface area contributed by atoms with E-state index in [4.69, 9.17) is 5.73 Å². The summed E-state index contributed by atoms with van der Waals surface area (Å²) in [5.41, 5.74) is 6.59. The van der Waals surface area contributed by atoms with Crippen LogP contribution in [0.25, 0.3) is 0 Å². The second-order valence-electron chi connectivity index (χ2n) is 5.63. The van der Waals surface area contributed by atoms with Crippen molar-refractivity contribution < 1.29 is 4.79 Å². The van der Waals surface area contributed by atoms with E-state index in [0.29, 0.717) is 18.2 Å². The summed E-state index contributed by atoms with van der Waals surface area (Å²) < 4.78 is 0. The van der Waals surface area contributed by atoms with E-state index in [-0.39, 0.29) is 5.91 Å². The third-order valence-corrected chi connectivity index (χ3v) is 3.92. The van der Waals surface area contributed by atoms with Gasteiger partial charge < -0.3 is 10.6 Å². The molecule has 0 unspecified atom stereocenters. The Morgan fingerprint density at radius 2 is 2.14 bits per heavy atom. The van der Waals surface area contributed by atoms with Gasteiger partial charge in [-0.1, -0.05) is 31.1 Å². The van der Waals surface area contributed by atoms with E-state index < -0.39 is 0 Å². The minimum Gasteiger partial charge on any atom is -0.340 e. The van der Waals surface area contributed by atoms with Gasteiger partial charge in [0.25, 0.3) is 5.91 Å². The fourth-order valence-corrected chi connectivity index (χ4v) is 2.78. The van der Waals surface area contributed by atoms with E-state index in [1.54, 1.807) is 17.2 Å². The molecule has 0 aliphatic heterocycles. The normalized spacial score (nSPS) is 15.1. The third kappa shape index (κ3) is 4.57. The maximum absolute atomic E-state index is 12.4. The molecule has 1 aliphatic carbocycles. The molecule has 2 N–H and O–H groups in total. The van der Waals surface area contributed by atoms with Crippen LogP contribution in [0.15, 0.2) is 18.3 Å². The fraction of sp³-hybridized carbons (Fsp3) is 0.529. The van der Waals surface area contributed by atoms with Crippen LogP contribution in [-0.2, 0) is 0 Å². The van der Waals surface area contributed by atoms with Gasteiger partial charge in [-0.2, -0.15) is 0 Å². The second kappa shape index (κ2) is 7.80. The lowest BCUT2D eigenvalue weighted by atomic mass is 9.89. The Morgan fingerprint density at radius 3 is 2.76 bits per heavy atom. The van der Waals surface area contributed by atoms with E-state index >= 15 is 0 Å². The number of pyridine rings is 1. The number of amides is 1. The Bertz CT molecular complexity index is 521. The van der Waals surface area contributed by atoms with Gasteiger partial charge in [0.05, 0.1) is 6.54 Å². The largest absolute Gasteiger partial charge is 0.340 e. The average Bonchev–Trinajstić information content (AvgIpc) is 2.53. The summed E-state index contributed by atoms with van der Waals surface area (Å²) in [7, 11) is 1.86. The van der Waals surface area contributed by atoms with Crippen LogP contribution in [-0.4, -0.2) is 35.9 Å². The fourth-order valence-electron chi connectivity index (χ4n) is 2.78. The molecule has 4 nitrogen and oxygen atoms in total. The highest BCUT2D eigenvalue weighted by Gasteiger charge is 2.19. The molecule has 0 radical (unpaired) electrons. The van der Waals surface area contributed by atoms with E-state index in [1.165, 1.54) is 32.1 Å². The van der Waals surface area contributed by atoms with Gasteiger partial charge in [-0.05, 0) is 30.9 Å². The zero-order valence-electron chi connectivity index (χ0n) is 12.6. The summed E-state index contributed by atoms with van der Waals surface area (Å²) in [6, 6.07) is 3.55. The summed E-state index contributed by atoms with van der Waals surface area (Å²) in [6.07, 6.45) is 8.02. The Kier molecular flexibility index (Phi) is 5.77. The lowest BCUT2D eigenvalue weighted by Crippen LogP contribution is -2.33. The molecular weight excluding hydrogens is 262 g/mol. The Morgan fingerprint density at radius 1 is 1.38 bits per heavy atom. The number of nitrogens with zero attached hydrogens (tertiary/aromatic N) is 2. The summed E-state index contributed by atoms with van der Waals surface area (Å²) in [6.45, 7) is 1.15. The van der Waals surface area contributed by atoms with Crippen LogP contribution in [0.4, 0.5) is 0 Å². The lowest BCUT2D eigenvalue weighted by Gasteiger charge is -2.26. The van der Waals surface area contributed by atoms with Crippen LogP contribution < -0.4 is 5.73 Å². The highest BCUT2D eigenvalue weighted by atomic mass is 16.2. The Hall–Kier alpha value is -1.86. The van der Waals surface area contributed by atoms with Gasteiger partial charge >= 0.3 is 0 Å². The van der Waals surface area contributed by atoms with E-state index in [0.717, 1.165) is 12.1 Å². The summed E-state index contributed by atoms with van der Waals surface area (Å²) in [5, 5.41) is 0. The van der Waals surface area contributed by atoms with Crippen LogP contribution in [0.3, 0.4) is 0 Å². The number of hydrogen-bond donors (Lipinski definition) is 1. The molecule has 1 aromatic heterocycles. The molecule has 1 aromatic rings. The van der Waals surface area contributed by atoms with Crippen LogP contribution in [0, 0.1) is 17.8 Å². The average molecular weight is 285 g/mol. The van der Waals surface area contributed by atoms with Crippen molar-refractivity contribution in [1.82, 2.24) is 9.88 Å². The van der Waals surface area contributed by atoms with E-state index in [1.807, 2.05) is 13.1 Å². The monoisotopic (exact) mass is 285 g/mol. The zero-order chi connectivity index (χ0) is 15.1. The molecule has 1 heterocycles. The topological polar surface area (TPSA) is 59.2 Å². The zero-order valence-corrected chi connectivity index (χ0v) is 12.6. The van der Waals surface area contributed by atoms with Gasteiger partial charge in [0.15, 0.2) is 0 Å². The molecule has 1 aliphatic rings. The highest BCUT2D eigenvalue weighted by Crippen LogP contribution is 2.24. The first-order valence-electron chi connectivity index (χ1n) is 7.61. The maximum atomic E-state index is 12.4. The van der Waals surface area contributed by atoms with Crippen molar-refractivity contribution in [3.8, 4) is 11.8 Å². The standard InChI is InChI=1S/C17H23N3O/c1-20(13-15-6-3-2-4-7-15)17(21)16-10-9-14(12-19-16)8-5-11-18/h9-10,12,15H,2-4,6-7,11,13,18H2,1H3. The first-order chi connectivity index (χ1) is 10.2. The number of carbonyl (C=O) groups is 1. The molecule has 1 amide bonds. The van der Waals surface area contributed by atoms with E-state index in [2.05, 4.69) is 16.8 Å². The van der Waals surface area contributed by atoms with Crippen molar-refractivity contribution in [2.24, 2.45) is 11.7 Å². The molecule has 0 aromatic carbocycles. The van der Waals surface area contributed by atoms with E-state index in [9.17, 15) is 4.79 Å². The molecule has 0 bridgehead atoms. The molecular formula is C17H23N3O.